The van der Waals surface area contributed by atoms with Crippen LogP contribution in [0, 0.1) is 5.82 Å². The molecule has 1 N–H and O–H groups in total. The van der Waals surface area contributed by atoms with Crippen LogP contribution < -0.4 is 10.2 Å². The van der Waals surface area contributed by atoms with Crippen LogP contribution in [0.15, 0.2) is 36.9 Å². The number of methoxy groups -OCH3 is 1. The van der Waals surface area contributed by atoms with E-state index in [1.807, 2.05) is 0 Å². The maximum absolute atomic E-state index is 13.9. The number of hydrogen-bond donors (Lipinski definition) is 1. The van der Waals surface area contributed by atoms with Gasteiger partial charge in [-0.2, -0.15) is 0 Å². The molecule has 0 aromatic heterocycles. The summed E-state index contributed by atoms with van der Waals surface area (Å²) in [4.78, 5) is 26.0. The number of nitrogens with one attached hydrogen (secondary N) is 1. The van der Waals surface area contributed by atoms with E-state index in [-0.39, 0.29) is 21.2 Å². The third-order valence-electron chi connectivity index (χ3n) is 4.06. The zero-order chi connectivity index (χ0) is 21.9. The Hall–Kier alpha value is -2.57. The monoisotopic (exact) mass is 438 g/mol. The minimum absolute atomic E-state index is 0.0296. The van der Waals surface area contributed by atoms with Crippen LogP contribution in [0.5, 0.6) is 5.75 Å². The van der Waals surface area contributed by atoms with Gasteiger partial charge >= 0.3 is 0 Å². The van der Waals surface area contributed by atoms with Crippen molar-refractivity contribution in [3.63, 3.8) is 0 Å². The van der Waals surface area contributed by atoms with Crippen molar-refractivity contribution in [2.24, 2.45) is 0 Å². The molecule has 0 atom stereocenters. The predicted molar refractivity (Wildman–Crippen MR) is 113 cm³/mol. The van der Waals surface area contributed by atoms with E-state index < -0.39 is 23.2 Å². The van der Waals surface area contributed by atoms with Crippen molar-refractivity contribution in [2.45, 2.75) is 26.3 Å². The summed E-state index contributed by atoms with van der Waals surface area (Å²) in [5.74, 6) is -1.58. The van der Waals surface area contributed by atoms with Crippen LogP contribution in [0.2, 0.25) is 10.0 Å². The van der Waals surface area contributed by atoms with Gasteiger partial charge in [0.2, 0.25) is 0 Å². The number of amides is 2. The van der Waals surface area contributed by atoms with E-state index >= 15 is 0 Å². The molecule has 2 amide bonds. The van der Waals surface area contributed by atoms with Gasteiger partial charge in [-0.1, -0.05) is 41.9 Å². The van der Waals surface area contributed by atoms with Crippen molar-refractivity contribution in [3.8, 4) is 5.75 Å². The molecule has 0 heterocycles. The van der Waals surface area contributed by atoms with Crippen molar-refractivity contribution in [1.29, 1.82) is 0 Å². The number of benzene rings is 2. The molecule has 2 aromatic rings. The summed E-state index contributed by atoms with van der Waals surface area (Å²) in [6.07, 6.45) is 1.49. The smallest absolute Gasteiger partial charge is 0.274 e. The van der Waals surface area contributed by atoms with Gasteiger partial charge in [0, 0.05) is 5.56 Å². The molecular formula is C21H21Cl2FN2O3. The number of hydrogen-bond acceptors (Lipinski definition) is 3. The van der Waals surface area contributed by atoms with Crippen molar-refractivity contribution < 1.29 is 18.7 Å². The number of hydrazine groups is 1. The Balaban J connectivity index is 2.46. The standard InChI is InChI=1S/C21H21Cl2FN2O3/c1-6-12-13(8-7-9-18(12)29-5)19(27)25-26(21(2,3)4)20(28)14-10-17(24)16(23)11-15(14)22/h6-11H,1H2,2-5H3,(H,25,27). The zero-order valence-corrected chi connectivity index (χ0v) is 18.0. The highest BCUT2D eigenvalue weighted by Crippen LogP contribution is 2.28. The molecule has 2 rings (SSSR count). The zero-order valence-electron chi connectivity index (χ0n) is 16.5. The van der Waals surface area contributed by atoms with E-state index in [2.05, 4.69) is 12.0 Å². The summed E-state index contributed by atoms with van der Waals surface area (Å²) in [5.41, 5.74) is 2.35. The summed E-state index contributed by atoms with van der Waals surface area (Å²) in [7, 11) is 1.48. The van der Waals surface area contributed by atoms with Crippen LogP contribution in [0.4, 0.5) is 4.39 Å². The summed E-state index contributed by atoms with van der Waals surface area (Å²) < 4.78 is 19.2. The lowest BCUT2D eigenvalue weighted by atomic mass is 10.0. The second-order valence-corrected chi connectivity index (χ2v) is 7.94. The quantitative estimate of drug-likeness (QED) is 0.515. The fourth-order valence-electron chi connectivity index (χ4n) is 2.62. The highest BCUT2D eigenvalue weighted by molar-refractivity contribution is 6.36. The van der Waals surface area contributed by atoms with Gasteiger partial charge in [0.05, 0.1) is 33.8 Å². The van der Waals surface area contributed by atoms with Gasteiger partial charge in [0.1, 0.15) is 11.6 Å². The van der Waals surface area contributed by atoms with Gasteiger partial charge < -0.3 is 4.74 Å². The molecule has 0 saturated carbocycles. The fraction of sp³-hybridized carbons (Fsp3) is 0.238. The summed E-state index contributed by atoms with van der Waals surface area (Å²) in [5, 5.41) is 0.860. The number of carbonyl (C=O) groups excluding carboxylic acids is 2. The number of halogens is 3. The lowest BCUT2D eigenvalue weighted by molar-refractivity contribution is 0.0358. The summed E-state index contributed by atoms with van der Waals surface area (Å²) in [6.45, 7) is 8.85. The second kappa shape index (κ2) is 8.84. The number of nitrogens with zero attached hydrogens (tertiary/aromatic N) is 1. The third kappa shape index (κ3) is 4.89. The lowest BCUT2D eigenvalue weighted by Crippen LogP contribution is -2.56. The SMILES string of the molecule is C=Cc1c(OC)cccc1C(=O)NN(C(=O)c1cc(F)c(Cl)cc1Cl)C(C)(C)C. The molecule has 0 unspecified atom stereocenters. The molecular weight excluding hydrogens is 418 g/mol. The Morgan fingerprint density at radius 3 is 2.38 bits per heavy atom. The van der Waals surface area contributed by atoms with Crippen LogP contribution in [-0.2, 0) is 0 Å². The van der Waals surface area contributed by atoms with Gasteiger partial charge in [0.15, 0.2) is 0 Å². The molecule has 0 radical (unpaired) electrons. The average molecular weight is 439 g/mol. The van der Waals surface area contributed by atoms with Gasteiger partial charge in [-0.15, -0.1) is 0 Å². The van der Waals surface area contributed by atoms with Crippen LogP contribution in [0.1, 0.15) is 47.1 Å². The molecule has 8 heteroatoms. The fourth-order valence-corrected chi connectivity index (χ4v) is 3.09. The summed E-state index contributed by atoms with van der Waals surface area (Å²) in [6, 6.07) is 7.01. The van der Waals surface area contributed by atoms with E-state index in [1.165, 1.54) is 13.2 Å². The van der Waals surface area contributed by atoms with Crippen molar-refractivity contribution >= 4 is 41.1 Å². The highest BCUT2D eigenvalue weighted by atomic mass is 35.5. The first-order valence-electron chi connectivity index (χ1n) is 8.60. The maximum Gasteiger partial charge on any atom is 0.274 e. The predicted octanol–water partition coefficient (Wildman–Crippen LogP) is 5.37. The van der Waals surface area contributed by atoms with E-state index in [1.54, 1.807) is 39.0 Å². The topological polar surface area (TPSA) is 58.6 Å². The molecule has 29 heavy (non-hydrogen) atoms. The summed E-state index contributed by atoms with van der Waals surface area (Å²) >= 11 is 11.8. The molecule has 0 spiro atoms. The van der Waals surface area contributed by atoms with E-state index in [9.17, 15) is 14.0 Å². The minimum Gasteiger partial charge on any atom is -0.496 e. The van der Waals surface area contributed by atoms with Crippen LogP contribution in [0.3, 0.4) is 0 Å². The maximum atomic E-state index is 13.9. The third-order valence-corrected chi connectivity index (χ3v) is 4.66. The molecule has 0 bridgehead atoms. The highest BCUT2D eigenvalue weighted by Gasteiger charge is 2.32. The molecule has 0 aliphatic carbocycles. The molecule has 0 saturated heterocycles. The van der Waals surface area contributed by atoms with E-state index in [0.29, 0.717) is 11.3 Å². The molecule has 154 valence electrons. The molecule has 0 aliphatic heterocycles. The first kappa shape index (κ1) is 22.7. The number of rotatable bonds is 4. The van der Waals surface area contributed by atoms with Crippen LogP contribution in [-0.4, -0.2) is 29.5 Å². The Morgan fingerprint density at radius 2 is 1.83 bits per heavy atom. The minimum atomic E-state index is -0.848. The number of carbonyl (C=O) groups is 2. The first-order valence-corrected chi connectivity index (χ1v) is 9.36. The van der Waals surface area contributed by atoms with Gasteiger partial charge in [-0.25, -0.2) is 9.40 Å². The molecule has 0 aliphatic rings. The normalized spacial score (nSPS) is 11.0. The van der Waals surface area contributed by atoms with Gasteiger partial charge in [-0.3, -0.25) is 15.0 Å². The Morgan fingerprint density at radius 1 is 1.17 bits per heavy atom. The number of ether oxygens (including phenoxy) is 1. The molecule has 0 fully saturated rings. The van der Waals surface area contributed by atoms with E-state index in [0.717, 1.165) is 17.1 Å². The van der Waals surface area contributed by atoms with Gasteiger partial charge in [-0.05, 0) is 45.0 Å². The molecule has 2 aromatic carbocycles. The Kier molecular flexibility index (Phi) is 6.93. The largest absolute Gasteiger partial charge is 0.496 e. The first-order chi connectivity index (χ1) is 13.5. The second-order valence-electron chi connectivity index (χ2n) is 7.12. The Labute approximate surface area is 179 Å². The Bertz CT molecular complexity index is 971. The van der Waals surface area contributed by atoms with Crippen LogP contribution >= 0.6 is 23.2 Å². The van der Waals surface area contributed by atoms with Crippen molar-refractivity contribution in [1.82, 2.24) is 10.4 Å². The molecule has 5 nitrogen and oxygen atoms in total. The van der Waals surface area contributed by atoms with Gasteiger partial charge in [0.25, 0.3) is 11.8 Å². The van der Waals surface area contributed by atoms with Crippen LogP contribution in [0.25, 0.3) is 6.08 Å². The van der Waals surface area contributed by atoms with Crippen molar-refractivity contribution in [2.75, 3.05) is 7.11 Å². The average Bonchev–Trinajstić information content (AvgIpc) is 2.66. The van der Waals surface area contributed by atoms with E-state index in [4.69, 9.17) is 27.9 Å². The van der Waals surface area contributed by atoms with Crippen molar-refractivity contribution in [3.05, 3.63) is 69.5 Å². The lowest BCUT2D eigenvalue weighted by Gasteiger charge is -2.35.